The van der Waals surface area contributed by atoms with Crippen molar-refractivity contribution >= 4 is 18.7 Å². The number of halogens is 4. The Hall–Kier alpha value is -0.970. The van der Waals surface area contributed by atoms with Crippen molar-refractivity contribution in [2.45, 2.75) is 12.6 Å². The SMILES string of the molecule is Fc1cc(C=CCCS)cc(C(F)(F)F)c1. The highest BCUT2D eigenvalue weighted by atomic mass is 32.1. The van der Waals surface area contributed by atoms with Crippen LogP contribution in [0.1, 0.15) is 17.5 Å². The van der Waals surface area contributed by atoms with E-state index in [1.54, 1.807) is 6.08 Å². The van der Waals surface area contributed by atoms with Crippen molar-refractivity contribution in [1.29, 1.82) is 0 Å². The van der Waals surface area contributed by atoms with E-state index in [1.165, 1.54) is 6.08 Å². The molecule has 0 saturated heterocycles. The zero-order valence-corrected chi connectivity index (χ0v) is 9.15. The molecular formula is C11H10F4S. The third-order valence-electron chi connectivity index (χ3n) is 1.85. The topological polar surface area (TPSA) is 0 Å². The van der Waals surface area contributed by atoms with Crippen molar-refractivity contribution in [2.75, 3.05) is 5.75 Å². The molecule has 0 radical (unpaired) electrons. The Kier molecular flexibility index (Phi) is 4.41. The van der Waals surface area contributed by atoms with Crippen LogP contribution in [0.4, 0.5) is 17.6 Å². The van der Waals surface area contributed by atoms with E-state index in [1.807, 2.05) is 0 Å². The van der Waals surface area contributed by atoms with Gasteiger partial charge in [-0.15, -0.1) is 0 Å². The van der Waals surface area contributed by atoms with E-state index >= 15 is 0 Å². The summed E-state index contributed by atoms with van der Waals surface area (Å²) in [6.07, 6.45) is -0.786. The van der Waals surface area contributed by atoms with E-state index in [0.717, 1.165) is 12.1 Å². The van der Waals surface area contributed by atoms with Crippen molar-refractivity contribution in [1.82, 2.24) is 0 Å². The molecule has 0 N–H and O–H groups in total. The molecule has 0 amide bonds. The summed E-state index contributed by atoms with van der Waals surface area (Å²) >= 11 is 3.95. The third-order valence-corrected chi connectivity index (χ3v) is 2.11. The van der Waals surface area contributed by atoms with Crippen molar-refractivity contribution in [3.05, 3.63) is 41.2 Å². The van der Waals surface area contributed by atoms with Gasteiger partial charge in [0.2, 0.25) is 0 Å². The summed E-state index contributed by atoms with van der Waals surface area (Å²) in [7, 11) is 0. The van der Waals surface area contributed by atoms with Gasteiger partial charge in [0.1, 0.15) is 5.82 Å². The number of allylic oxidation sites excluding steroid dienone is 1. The van der Waals surface area contributed by atoms with E-state index in [0.29, 0.717) is 18.2 Å². The van der Waals surface area contributed by atoms with E-state index in [-0.39, 0.29) is 5.56 Å². The van der Waals surface area contributed by atoms with Crippen LogP contribution in [0.2, 0.25) is 0 Å². The Morgan fingerprint density at radius 2 is 1.88 bits per heavy atom. The van der Waals surface area contributed by atoms with Gasteiger partial charge in [-0.25, -0.2) is 4.39 Å². The molecule has 0 aromatic heterocycles. The number of hydrogen-bond acceptors (Lipinski definition) is 1. The Labute approximate surface area is 96.4 Å². The lowest BCUT2D eigenvalue weighted by molar-refractivity contribution is -0.137. The fourth-order valence-corrected chi connectivity index (χ4v) is 1.32. The van der Waals surface area contributed by atoms with Crippen LogP contribution in [0.5, 0.6) is 0 Å². The molecule has 0 aliphatic carbocycles. The van der Waals surface area contributed by atoms with Gasteiger partial charge in [0.25, 0.3) is 0 Å². The highest BCUT2D eigenvalue weighted by Crippen LogP contribution is 2.30. The van der Waals surface area contributed by atoms with Crippen LogP contribution < -0.4 is 0 Å². The third kappa shape index (κ3) is 3.89. The Morgan fingerprint density at radius 1 is 1.19 bits per heavy atom. The van der Waals surface area contributed by atoms with Crippen molar-refractivity contribution in [3.63, 3.8) is 0 Å². The maximum absolute atomic E-state index is 12.9. The van der Waals surface area contributed by atoms with Crippen LogP contribution in [0.15, 0.2) is 24.3 Å². The number of benzene rings is 1. The van der Waals surface area contributed by atoms with Gasteiger partial charge >= 0.3 is 6.18 Å². The van der Waals surface area contributed by atoms with Gasteiger partial charge in [-0.1, -0.05) is 12.2 Å². The minimum absolute atomic E-state index is 0.203. The summed E-state index contributed by atoms with van der Waals surface area (Å²) in [5.41, 5.74) is -0.771. The summed E-state index contributed by atoms with van der Waals surface area (Å²) in [6, 6.07) is 2.46. The minimum Gasteiger partial charge on any atom is -0.207 e. The lowest BCUT2D eigenvalue weighted by Gasteiger charge is -2.07. The molecule has 1 aromatic carbocycles. The van der Waals surface area contributed by atoms with Crippen molar-refractivity contribution in [3.8, 4) is 0 Å². The van der Waals surface area contributed by atoms with Gasteiger partial charge < -0.3 is 0 Å². The smallest absolute Gasteiger partial charge is 0.207 e. The van der Waals surface area contributed by atoms with Crippen LogP contribution in [0, 0.1) is 5.82 Å². The summed E-state index contributed by atoms with van der Waals surface area (Å²) in [5, 5.41) is 0. The van der Waals surface area contributed by atoms with Crippen LogP contribution >= 0.6 is 12.6 Å². The van der Waals surface area contributed by atoms with Gasteiger partial charge in [-0.05, 0) is 35.9 Å². The fraction of sp³-hybridized carbons (Fsp3) is 0.273. The fourth-order valence-electron chi connectivity index (χ4n) is 1.17. The number of alkyl halides is 3. The molecule has 1 rings (SSSR count). The van der Waals surface area contributed by atoms with Crippen LogP contribution in [-0.2, 0) is 6.18 Å². The molecule has 16 heavy (non-hydrogen) atoms. The minimum atomic E-state index is -4.52. The first kappa shape index (κ1) is 13.1. The van der Waals surface area contributed by atoms with Gasteiger partial charge in [-0.2, -0.15) is 25.8 Å². The average Bonchev–Trinajstić information content (AvgIpc) is 2.16. The van der Waals surface area contributed by atoms with Gasteiger partial charge in [0.05, 0.1) is 5.56 Å². The van der Waals surface area contributed by atoms with E-state index in [2.05, 4.69) is 12.6 Å². The molecular weight excluding hydrogens is 240 g/mol. The zero-order valence-electron chi connectivity index (χ0n) is 8.26. The predicted octanol–water partition coefficient (Wildman–Crippen LogP) is 4.18. The highest BCUT2D eigenvalue weighted by molar-refractivity contribution is 7.80. The van der Waals surface area contributed by atoms with Crippen molar-refractivity contribution in [2.24, 2.45) is 0 Å². The van der Waals surface area contributed by atoms with Gasteiger partial charge in [0.15, 0.2) is 0 Å². The predicted molar refractivity (Wildman–Crippen MR) is 58.9 cm³/mol. The largest absolute Gasteiger partial charge is 0.416 e. The van der Waals surface area contributed by atoms with Gasteiger partial charge in [-0.3, -0.25) is 0 Å². The van der Waals surface area contributed by atoms with E-state index in [9.17, 15) is 17.6 Å². The molecule has 5 heteroatoms. The number of rotatable bonds is 3. The summed E-state index contributed by atoms with van der Waals surface area (Å²) in [4.78, 5) is 0. The second kappa shape index (κ2) is 5.39. The summed E-state index contributed by atoms with van der Waals surface area (Å²) in [6.45, 7) is 0. The highest BCUT2D eigenvalue weighted by Gasteiger charge is 2.31. The van der Waals surface area contributed by atoms with E-state index < -0.39 is 17.6 Å². The number of hydrogen-bond donors (Lipinski definition) is 1. The van der Waals surface area contributed by atoms with E-state index in [4.69, 9.17) is 0 Å². The standard InChI is InChI=1S/C11H10F4S/c12-10-6-8(3-1-2-4-16)5-9(7-10)11(13,14)15/h1,3,5-7,16H,2,4H2. The molecule has 0 unspecified atom stereocenters. The summed E-state index contributed by atoms with van der Waals surface area (Å²) in [5.74, 6) is -0.293. The Bertz CT molecular complexity index is 382. The zero-order chi connectivity index (χ0) is 12.2. The Balaban J connectivity index is 2.99. The quantitative estimate of drug-likeness (QED) is 0.604. The maximum Gasteiger partial charge on any atom is 0.416 e. The molecule has 0 aliphatic rings. The summed E-state index contributed by atoms with van der Waals surface area (Å²) < 4.78 is 49.9. The molecule has 0 atom stereocenters. The first-order valence-electron chi connectivity index (χ1n) is 4.58. The monoisotopic (exact) mass is 250 g/mol. The molecule has 0 spiro atoms. The molecule has 0 heterocycles. The second-order valence-electron chi connectivity index (χ2n) is 3.19. The lowest BCUT2D eigenvalue weighted by atomic mass is 10.1. The first-order chi connectivity index (χ1) is 7.43. The molecule has 0 nitrogen and oxygen atoms in total. The van der Waals surface area contributed by atoms with Crippen molar-refractivity contribution < 1.29 is 17.6 Å². The average molecular weight is 250 g/mol. The molecule has 0 saturated carbocycles. The second-order valence-corrected chi connectivity index (χ2v) is 3.63. The lowest BCUT2D eigenvalue weighted by Crippen LogP contribution is -2.05. The molecule has 0 fully saturated rings. The number of thiol groups is 1. The molecule has 0 aliphatic heterocycles. The first-order valence-corrected chi connectivity index (χ1v) is 5.22. The molecule has 88 valence electrons. The van der Waals surface area contributed by atoms with Crippen LogP contribution in [0.3, 0.4) is 0 Å². The van der Waals surface area contributed by atoms with Crippen LogP contribution in [0.25, 0.3) is 6.08 Å². The normalized spacial score (nSPS) is 12.3. The van der Waals surface area contributed by atoms with Gasteiger partial charge in [0, 0.05) is 0 Å². The van der Waals surface area contributed by atoms with Crippen LogP contribution in [-0.4, -0.2) is 5.75 Å². The molecule has 0 bridgehead atoms. The Morgan fingerprint density at radius 3 is 2.44 bits per heavy atom. The maximum atomic E-state index is 12.9. The molecule has 1 aromatic rings.